The number of hydrogen-bond donors (Lipinski definition) is 0. The molecule has 1 aliphatic heterocycles. The summed E-state index contributed by atoms with van der Waals surface area (Å²) in [5, 5.41) is 0. The summed E-state index contributed by atoms with van der Waals surface area (Å²) in [6.45, 7) is 3.67. The minimum Gasteiger partial charge on any atom is -0.496 e. The van der Waals surface area contributed by atoms with E-state index in [0.717, 1.165) is 24.3 Å². The van der Waals surface area contributed by atoms with Crippen LogP contribution >= 0.6 is 0 Å². The van der Waals surface area contributed by atoms with Crippen molar-refractivity contribution >= 4 is 11.5 Å². The van der Waals surface area contributed by atoms with Gasteiger partial charge < -0.3 is 9.64 Å². The molecule has 17 heavy (non-hydrogen) atoms. The predicted molar refractivity (Wildman–Crippen MR) is 69.1 cm³/mol. The number of ether oxygens (including phenoxy) is 1. The monoisotopic (exact) mass is 233 g/mol. The van der Waals surface area contributed by atoms with E-state index in [4.69, 9.17) is 4.74 Å². The minimum atomic E-state index is 0.0722. The molecule has 0 saturated carbocycles. The third kappa shape index (κ3) is 2.43. The molecule has 92 valence electrons. The predicted octanol–water partition coefficient (Wildman–Crippen LogP) is 2.89. The van der Waals surface area contributed by atoms with Crippen LogP contribution in [0.25, 0.3) is 0 Å². The average molecular weight is 233 g/mol. The van der Waals surface area contributed by atoms with Gasteiger partial charge in [0, 0.05) is 13.1 Å². The van der Waals surface area contributed by atoms with Crippen molar-refractivity contribution in [2.75, 3.05) is 25.1 Å². The van der Waals surface area contributed by atoms with Crippen molar-refractivity contribution in [3.63, 3.8) is 0 Å². The van der Waals surface area contributed by atoms with E-state index in [1.807, 2.05) is 18.2 Å². The highest BCUT2D eigenvalue weighted by molar-refractivity contribution is 6.02. The van der Waals surface area contributed by atoms with Gasteiger partial charge in [-0.2, -0.15) is 0 Å². The molecule has 1 aliphatic rings. The van der Waals surface area contributed by atoms with Crippen molar-refractivity contribution in [3.05, 3.63) is 23.8 Å². The summed E-state index contributed by atoms with van der Waals surface area (Å²) in [5.41, 5.74) is 1.74. The highest BCUT2D eigenvalue weighted by atomic mass is 16.5. The molecule has 3 heteroatoms. The maximum Gasteiger partial charge on any atom is 0.165 e. The van der Waals surface area contributed by atoms with E-state index in [1.165, 1.54) is 19.3 Å². The van der Waals surface area contributed by atoms with Gasteiger partial charge in [0.1, 0.15) is 5.75 Å². The van der Waals surface area contributed by atoms with Crippen LogP contribution in [0.2, 0.25) is 0 Å². The van der Waals surface area contributed by atoms with E-state index in [9.17, 15) is 4.79 Å². The number of rotatable bonds is 3. The van der Waals surface area contributed by atoms with Gasteiger partial charge in [0.15, 0.2) is 5.78 Å². The van der Waals surface area contributed by atoms with E-state index in [-0.39, 0.29) is 5.78 Å². The fourth-order valence-corrected chi connectivity index (χ4v) is 2.44. The Kier molecular flexibility index (Phi) is 3.67. The number of ketones is 1. The summed E-state index contributed by atoms with van der Waals surface area (Å²) < 4.78 is 5.29. The first-order valence-electron chi connectivity index (χ1n) is 6.17. The number of hydrogen-bond acceptors (Lipinski definition) is 3. The van der Waals surface area contributed by atoms with Crippen LogP contribution < -0.4 is 9.64 Å². The molecule has 3 nitrogen and oxygen atoms in total. The Morgan fingerprint density at radius 3 is 2.53 bits per heavy atom. The number of anilines is 1. The molecule has 0 N–H and O–H groups in total. The van der Waals surface area contributed by atoms with Crippen molar-refractivity contribution in [2.45, 2.75) is 26.2 Å². The van der Waals surface area contributed by atoms with Crippen molar-refractivity contribution in [2.24, 2.45) is 0 Å². The zero-order valence-corrected chi connectivity index (χ0v) is 10.5. The molecular weight excluding hydrogens is 214 g/mol. The SMILES string of the molecule is COc1cccc(N2CCCCC2)c1C(C)=O. The Labute approximate surface area is 102 Å². The maximum atomic E-state index is 11.8. The van der Waals surface area contributed by atoms with Crippen LogP contribution in [-0.2, 0) is 0 Å². The lowest BCUT2D eigenvalue weighted by Crippen LogP contribution is -2.30. The van der Waals surface area contributed by atoms with Crippen molar-refractivity contribution in [1.82, 2.24) is 0 Å². The lowest BCUT2D eigenvalue weighted by Gasteiger charge is -2.30. The van der Waals surface area contributed by atoms with E-state index in [1.54, 1.807) is 14.0 Å². The van der Waals surface area contributed by atoms with Crippen molar-refractivity contribution in [3.8, 4) is 5.75 Å². The molecule has 1 saturated heterocycles. The normalized spacial score (nSPS) is 15.8. The van der Waals surface area contributed by atoms with Crippen LogP contribution in [-0.4, -0.2) is 26.0 Å². The Hall–Kier alpha value is -1.51. The third-order valence-corrected chi connectivity index (χ3v) is 3.27. The number of methoxy groups -OCH3 is 1. The van der Waals surface area contributed by atoms with E-state index in [0.29, 0.717) is 5.75 Å². The fraction of sp³-hybridized carbons (Fsp3) is 0.500. The number of carbonyl (C=O) groups is 1. The van der Waals surface area contributed by atoms with Gasteiger partial charge >= 0.3 is 0 Å². The van der Waals surface area contributed by atoms with Gasteiger partial charge in [0.2, 0.25) is 0 Å². The Bertz CT molecular complexity index is 409. The van der Waals surface area contributed by atoms with E-state index in [2.05, 4.69) is 4.90 Å². The number of nitrogens with zero attached hydrogens (tertiary/aromatic N) is 1. The number of benzene rings is 1. The first-order valence-corrected chi connectivity index (χ1v) is 6.17. The van der Waals surface area contributed by atoms with Crippen LogP contribution in [0.4, 0.5) is 5.69 Å². The summed E-state index contributed by atoms with van der Waals surface area (Å²) in [6, 6.07) is 5.82. The van der Waals surface area contributed by atoms with Crippen LogP contribution in [0.3, 0.4) is 0 Å². The highest BCUT2D eigenvalue weighted by Gasteiger charge is 2.19. The summed E-state index contributed by atoms with van der Waals surface area (Å²) in [4.78, 5) is 14.1. The second-order valence-electron chi connectivity index (χ2n) is 4.46. The molecular formula is C14H19NO2. The molecule has 0 aromatic heterocycles. The van der Waals surface area contributed by atoms with Crippen molar-refractivity contribution < 1.29 is 9.53 Å². The van der Waals surface area contributed by atoms with E-state index >= 15 is 0 Å². The topological polar surface area (TPSA) is 29.5 Å². The van der Waals surface area contributed by atoms with Crippen LogP contribution in [0.5, 0.6) is 5.75 Å². The number of piperidine rings is 1. The molecule has 0 spiro atoms. The van der Waals surface area contributed by atoms with Gasteiger partial charge in [-0.25, -0.2) is 0 Å². The first-order chi connectivity index (χ1) is 8.24. The molecule has 0 amide bonds. The highest BCUT2D eigenvalue weighted by Crippen LogP contribution is 2.31. The molecule has 1 aromatic carbocycles. The number of Topliss-reactive ketones (excluding diaryl/α,β-unsaturated/α-hetero) is 1. The van der Waals surface area contributed by atoms with Gasteiger partial charge in [-0.1, -0.05) is 6.07 Å². The fourth-order valence-electron chi connectivity index (χ4n) is 2.44. The maximum absolute atomic E-state index is 11.8. The molecule has 0 bridgehead atoms. The van der Waals surface area contributed by atoms with Gasteiger partial charge in [0.25, 0.3) is 0 Å². The summed E-state index contributed by atoms with van der Waals surface area (Å²) in [6.07, 6.45) is 3.69. The molecule has 1 fully saturated rings. The molecule has 0 unspecified atom stereocenters. The largest absolute Gasteiger partial charge is 0.496 e. The van der Waals surface area contributed by atoms with Gasteiger partial charge in [-0.05, 0) is 38.3 Å². The average Bonchev–Trinajstić information content (AvgIpc) is 2.38. The molecule has 2 rings (SSSR count). The van der Waals surface area contributed by atoms with Gasteiger partial charge in [-0.3, -0.25) is 4.79 Å². The van der Waals surface area contributed by atoms with Crippen LogP contribution in [0.15, 0.2) is 18.2 Å². The number of carbonyl (C=O) groups excluding carboxylic acids is 1. The third-order valence-electron chi connectivity index (χ3n) is 3.27. The van der Waals surface area contributed by atoms with Gasteiger partial charge in [-0.15, -0.1) is 0 Å². The molecule has 1 aromatic rings. The van der Waals surface area contributed by atoms with E-state index < -0.39 is 0 Å². The quantitative estimate of drug-likeness (QED) is 0.752. The van der Waals surface area contributed by atoms with Crippen LogP contribution in [0.1, 0.15) is 36.5 Å². The molecule has 1 heterocycles. The zero-order valence-electron chi connectivity index (χ0n) is 10.5. The zero-order chi connectivity index (χ0) is 12.3. The van der Waals surface area contributed by atoms with Crippen molar-refractivity contribution in [1.29, 1.82) is 0 Å². The van der Waals surface area contributed by atoms with Gasteiger partial charge in [0.05, 0.1) is 18.4 Å². The smallest absolute Gasteiger partial charge is 0.165 e. The Morgan fingerprint density at radius 2 is 1.94 bits per heavy atom. The molecule has 0 radical (unpaired) electrons. The lowest BCUT2D eigenvalue weighted by molar-refractivity contribution is 0.101. The summed E-state index contributed by atoms with van der Waals surface area (Å²) >= 11 is 0. The second-order valence-corrected chi connectivity index (χ2v) is 4.46. The first kappa shape index (κ1) is 12.0. The lowest BCUT2D eigenvalue weighted by atomic mass is 10.0. The standard InChI is InChI=1S/C14H19NO2/c1-11(16)14-12(7-6-8-13(14)17-2)15-9-4-3-5-10-15/h6-8H,3-5,9-10H2,1-2H3. The molecule has 0 atom stereocenters. The van der Waals surface area contributed by atoms with Crippen LogP contribution in [0, 0.1) is 0 Å². The Morgan fingerprint density at radius 1 is 1.24 bits per heavy atom. The summed E-state index contributed by atoms with van der Waals surface area (Å²) in [5.74, 6) is 0.753. The summed E-state index contributed by atoms with van der Waals surface area (Å²) in [7, 11) is 1.61. The minimum absolute atomic E-state index is 0.0722. The second kappa shape index (κ2) is 5.21. The Balaban J connectivity index is 2.40. The molecule has 0 aliphatic carbocycles.